The van der Waals surface area contributed by atoms with Crippen molar-refractivity contribution in [2.24, 2.45) is 5.41 Å². The molecule has 1 N–H and O–H groups in total. The number of carbonyl (C=O) groups excluding carboxylic acids is 1. The third-order valence-electron chi connectivity index (χ3n) is 3.19. The van der Waals surface area contributed by atoms with Crippen LogP contribution >= 0.6 is 11.3 Å². The van der Waals surface area contributed by atoms with Crippen LogP contribution in [0, 0.1) is 30.6 Å². The minimum Gasteiger partial charge on any atom is -0.301 e. The van der Waals surface area contributed by atoms with Gasteiger partial charge in [0.05, 0.1) is 11.8 Å². The van der Waals surface area contributed by atoms with Crippen molar-refractivity contribution in [3.05, 3.63) is 34.7 Å². The van der Waals surface area contributed by atoms with Gasteiger partial charge in [0.25, 0.3) is 0 Å². The van der Waals surface area contributed by atoms with Crippen LogP contribution in [0.15, 0.2) is 24.3 Å². The summed E-state index contributed by atoms with van der Waals surface area (Å²) in [5, 5.41) is 12.2. The topological polar surface area (TPSA) is 65.8 Å². The lowest BCUT2D eigenvalue weighted by Gasteiger charge is -2.12. The average molecular weight is 299 g/mol. The van der Waals surface area contributed by atoms with E-state index in [-0.39, 0.29) is 5.91 Å². The molecule has 0 aliphatic heterocycles. The Kier molecular flexibility index (Phi) is 4.10. The predicted molar refractivity (Wildman–Crippen MR) is 85.0 cm³/mol. The molecule has 1 amide bonds. The van der Waals surface area contributed by atoms with Crippen molar-refractivity contribution in [1.29, 1.82) is 5.26 Å². The van der Waals surface area contributed by atoms with E-state index in [1.54, 1.807) is 13.8 Å². The van der Waals surface area contributed by atoms with Gasteiger partial charge in [0.2, 0.25) is 5.91 Å². The quantitative estimate of drug-likeness (QED) is 0.934. The number of rotatable bonds is 3. The number of anilines is 1. The molecule has 0 aliphatic carbocycles. The Balaban J connectivity index is 2.26. The Morgan fingerprint density at radius 2 is 1.90 bits per heavy atom. The van der Waals surface area contributed by atoms with Gasteiger partial charge in [0.1, 0.15) is 5.41 Å². The lowest BCUT2D eigenvalue weighted by atomic mass is 9.95. The fourth-order valence-electron chi connectivity index (χ4n) is 1.73. The van der Waals surface area contributed by atoms with Crippen molar-refractivity contribution in [2.45, 2.75) is 27.7 Å². The van der Waals surface area contributed by atoms with Gasteiger partial charge in [-0.3, -0.25) is 4.79 Å². The molecule has 21 heavy (non-hydrogen) atoms. The van der Waals surface area contributed by atoms with Crippen LogP contribution in [-0.2, 0) is 4.79 Å². The minimum atomic E-state index is -1.07. The van der Waals surface area contributed by atoms with Gasteiger partial charge < -0.3 is 5.32 Å². The first-order valence-electron chi connectivity index (χ1n) is 6.60. The van der Waals surface area contributed by atoms with Gasteiger partial charge >= 0.3 is 0 Å². The number of nitriles is 1. The van der Waals surface area contributed by atoms with E-state index in [9.17, 15) is 4.79 Å². The number of benzene rings is 1. The summed E-state index contributed by atoms with van der Waals surface area (Å²) in [6, 6.07) is 10.1. The van der Waals surface area contributed by atoms with Crippen molar-refractivity contribution in [3.8, 4) is 17.3 Å². The fourth-order valence-corrected chi connectivity index (χ4v) is 2.56. The number of hydrogen-bond donors (Lipinski definition) is 1. The van der Waals surface area contributed by atoms with E-state index in [0.717, 1.165) is 16.1 Å². The van der Waals surface area contributed by atoms with Crippen LogP contribution in [0.2, 0.25) is 0 Å². The molecular formula is C16H17N3OS. The standard InChI is InChI=1S/C16H17N3OS/c1-10-5-7-12(8-6-10)13-11(2)21-15(18-13)19-14(20)16(3,4)9-17/h5-8H,1-4H3,(H,18,19,20). The molecular weight excluding hydrogens is 282 g/mol. The number of nitrogens with one attached hydrogen (secondary N) is 1. The lowest BCUT2D eigenvalue weighted by Crippen LogP contribution is -2.29. The number of amides is 1. The number of hydrogen-bond acceptors (Lipinski definition) is 4. The van der Waals surface area contributed by atoms with Gasteiger partial charge in [-0.2, -0.15) is 5.26 Å². The smallest absolute Gasteiger partial charge is 0.246 e. The number of carbonyl (C=O) groups is 1. The van der Waals surface area contributed by atoms with E-state index < -0.39 is 5.41 Å². The van der Waals surface area contributed by atoms with Crippen LogP contribution in [0.5, 0.6) is 0 Å². The van der Waals surface area contributed by atoms with Crippen molar-refractivity contribution in [1.82, 2.24) is 4.98 Å². The highest BCUT2D eigenvalue weighted by Crippen LogP contribution is 2.31. The molecule has 108 valence electrons. The Hall–Kier alpha value is -2.19. The molecule has 0 spiro atoms. The van der Waals surface area contributed by atoms with Crippen LogP contribution in [0.25, 0.3) is 11.3 Å². The highest BCUT2D eigenvalue weighted by Gasteiger charge is 2.28. The first kappa shape index (κ1) is 15.2. The molecule has 4 nitrogen and oxygen atoms in total. The monoisotopic (exact) mass is 299 g/mol. The van der Waals surface area contributed by atoms with Crippen molar-refractivity contribution in [2.75, 3.05) is 5.32 Å². The minimum absolute atomic E-state index is 0.339. The number of aryl methyl sites for hydroxylation is 2. The summed E-state index contributed by atoms with van der Waals surface area (Å²) in [5.41, 5.74) is 2.01. The first-order chi connectivity index (χ1) is 9.83. The molecule has 1 heterocycles. The second-order valence-corrected chi connectivity index (χ2v) is 6.68. The van der Waals surface area contributed by atoms with Gasteiger partial charge in [-0.05, 0) is 27.7 Å². The molecule has 0 atom stereocenters. The number of thiazole rings is 1. The average Bonchev–Trinajstić information content (AvgIpc) is 2.80. The van der Waals surface area contributed by atoms with Gasteiger partial charge in [-0.1, -0.05) is 29.8 Å². The van der Waals surface area contributed by atoms with Gasteiger partial charge in [-0.25, -0.2) is 4.98 Å². The molecule has 5 heteroatoms. The second kappa shape index (κ2) is 5.66. The molecule has 1 aromatic heterocycles. The molecule has 0 unspecified atom stereocenters. The van der Waals surface area contributed by atoms with Crippen LogP contribution < -0.4 is 5.32 Å². The van der Waals surface area contributed by atoms with Gasteiger partial charge in [0.15, 0.2) is 5.13 Å². The summed E-state index contributed by atoms with van der Waals surface area (Å²) < 4.78 is 0. The SMILES string of the molecule is Cc1ccc(-c2nc(NC(=O)C(C)(C)C#N)sc2C)cc1. The molecule has 2 aromatic rings. The van der Waals surface area contributed by atoms with Gasteiger partial charge in [0, 0.05) is 10.4 Å². The van der Waals surface area contributed by atoms with E-state index in [1.165, 1.54) is 16.9 Å². The zero-order valence-corrected chi connectivity index (χ0v) is 13.3. The molecule has 0 aliphatic rings. The fraction of sp³-hybridized carbons (Fsp3) is 0.312. The summed E-state index contributed by atoms with van der Waals surface area (Å²) in [5.74, 6) is -0.339. The Morgan fingerprint density at radius 1 is 1.29 bits per heavy atom. The van der Waals surface area contributed by atoms with E-state index >= 15 is 0 Å². The van der Waals surface area contributed by atoms with Crippen LogP contribution in [0.3, 0.4) is 0 Å². The number of nitrogens with zero attached hydrogens (tertiary/aromatic N) is 2. The Bertz CT molecular complexity index is 708. The third-order valence-corrected chi connectivity index (χ3v) is 4.08. The largest absolute Gasteiger partial charge is 0.301 e. The van der Waals surface area contributed by atoms with Crippen molar-refractivity contribution in [3.63, 3.8) is 0 Å². The lowest BCUT2D eigenvalue weighted by molar-refractivity contribution is -0.121. The maximum atomic E-state index is 12.0. The summed E-state index contributed by atoms with van der Waals surface area (Å²) >= 11 is 1.42. The highest BCUT2D eigenvalue weighted by atomic mass is 32.1. The summed E-state index contributed by atoms with van der Waals surface area (Å²) in [6.07, 6.45) is 0. The van der Waals surface area contributed by atoms with E-state index in [0.29, 0.717) is 5.13 Å². The van der Waals surface area contributed by atoms with Crippen molar-refractivity contribution >= 4 is 22.4 Å². The molecule has 0 saturated carbocycles. The molecule has 0 bridgehead atoms. The third kappa shape index (κ3) is 3.29. The Labute approximate surface area is 128 Å². The van der Waals surface area contributed by atoms with E-state index in [1.807, 2.05) is 44.2 Å². The zero-order chi connectivity index (χ0) is 15.6. The Morgan fingerprint density at radius 3 is 2.48 bits per heavy atom. The summed E-state index contributed by atoms with van der Waals surface area (Å²) in [4.78, 5) is 17.5. The highest BCUT2D eigenvalue weighted by molar-refractivity contribution is 7.16. The maximum absolute atomic E-state index is 12.0. The zero-order valence-electron chi connectivity index (χ0n) is 12.5. The number of aromatic nitrogens is 1. The maximum Gasteiger partial charge on any atom is 0.246 e. The molecule has 1 aromatic carbocycles. The summed E-state index contributed by atoms with van der Waals surface area (Å²) in [7, 11) is 0. The molecule has 2 rings (SSSR count). The molecule has 0 fully saturated rings. The van der Waals surface area contributed by atoms with Crippen LogP contribution in [-0.4, -0.2) is 10.9 Å². The van der Waals surface area contributed by atoms with E-state index in [4.69, 9.17) is 5.26 Å². The van der Waals surface area contributed by atoms with Crippen molar-refractivity contribution < 1.29 is 4.79 Å². The first-order valence-corrected chi connectivity index (χ1v) is 7.42. The second-order valence-electron chi connectivity index (χ2n) is 5.48. The normalized spacial score (nSPS) is 11.0. The van der Waals surface area contributed by atoms with Crippen LogP contribution in [0.1, 0.15) is 24.3 Å². The molecule has 0 saturated heterocycles. The van der Waals surface area contributed by atoms with Gasteiger partial charge in [-0.15, -0.1) is 11.3 Å². The summed E-state index contributed by atoms with van der Waals surface area (Å²) in [6.45, 7) is 7.18. The van der Waals surface area contributed by atoms with Crippen LogP contribution in [0.4, 0.5) is 5.13 Å². The molecule has 0 radical (unpaired) electrons. The predicted octanol–water partition coefficient (Wildman–Crippen LogP) is 3.92. The van der Waals surface area contributed by atoms with E-state index in [2.05, 4.69) is 10.3 Å².